The lowest BCUT2D eigenvalue weighted by Crippen LogP contribution is -2.22. The monoisotopic (exact) mass is 350 g/mol. The maximum atomic E-state index is 13.0. The molecule has 0 unspecified atom stereocenters. The molecule has 1 aromatic rings. The van der Waals surface area contributed by atoms with Gasteiger partial charge in [-0.1, -0.05) is 22.0 Å². The van der Waals surface area contributed by atoms with E-state index in [0.29, 0.717) is 17.3 Å². The van der Waals surface area contributed by atoms with Gasteiger partial charge in [0.25, 0.3) is 6.43 Å². The summed E-state index contributed by atoms with van der Waals surface area (Å²) >= 11 is 3.21. The zero-order valence-electron chi connectivity index (χ0n) is 11.6. The summed E-state index contributed by atoms with van der Waals surface area (Å²) < 4.78 is 25.9. The van der Waals surface area contributed by atoms with Crippen molar-refractivity contribution >= 4 is 21.9 Å². The average molecular weight is 351 g/mol. The molecule has 20 heavy (non-hydrogen) atoms. The second-order valence-corrected chi connectivity index (χ2v) is 6.01. The Labute approximate surface area is 125 Å². The zero-order chi connectivity index (χ0) is 15.3. The van der Waals surface area contributed by atoms with Crippen molar-refractivity contribution in [1.29, 1.82) is 0 Å². The molecule has 0 aliphatic rings. The van der Waals surface area contributed by atoms with Crippen LogP contribution in [0.4, 0.5) is 8.78 Å². The summed E-state index contributed by atoms with van der Waals surface area (Å²) in [5, 5.41) is 0.573. The molecule has 0 fully saturated rings. The highest BCUT2D eigenvalue weighted by molar-refractivity contribution is 9.09. The maximum absolute atomic E-state index is 13.0. The number of hydrogen-bond donors (Lipinski definition) is 0. The van der Waals surface area contributed by atoms with Crippen molar-refractivity contribution in [2.45, 2.75) is 39.2 Å². The van der Waals surface area contributed by atoms with Crippen molar-refractivity contribution < 1.29 is 23.4 Å². The first-order valence-electron chi connectivity index (χ1n) is 6.11. The third-order valence-corrected chi connectivity index (χ3v) is 2.74. The minimum absolute atomic E-state index is 0.0443. The van der Waals surface area contributed by atoms with Crippen LogP contribution in [0.15, 0.2) is 18.2 Å². The number of rotatable bonds is 5. The van der Waals surface area contributed by atoms with Crippen LogP contribution in [0.25, 0.3) is 0 Å². The quantitative estimate of drug-likeness (QED) is 0.447. The molecule has 1 aromatic carbocycles. The number of alkyl halides is 3. The van der Waals surface area contributed by atoms with Crippen LogP contribution in [0.3, 0.4) is 0 Å². The van der Waals surface area contributed by atoms with E-state index in [1.807, 2.05) is 0 Å². The van der Waals surface area contributed by atoms with Gasteiger partial charge in [0, 0.05) is 10.9 Å². The molecular weight excluding hydrogens is 334 g/mol. The molecule has 0 saturated heterocycles. The molecule has 0 N–H and O–H groups in total. The van der Waals surface area contributed by atoms with Crippen molar-refractivity contribution in [3.05, 3.63) is 34.9 Å². The second kappa shape index (κ2) is 7.13. The highest BCUT2D eigenvalue weighted by Gasteiger charge is 2.19. The molecule has 0 spiro atoms. The van der Waals surface area contributed by atoms with Crippen molar-refractivity contribution in [2.24, 2.45) is 0 Å². The zero-order valence-corrected chi connectivity index (χ0v) is 13.2. The minimum atomic E-state index is -2.64. The number of benzene rings is 1. The van der Waals surface area contributed by atoms with E-state index in [0.717, 1.165) is 6.07 Å². The summed E-state index contributed by atoms with van der Waals surface area (Å²) in [6.07, 6.45) is -2.17. The van der Waals surface area contributed by atoms with E-state index in [4.69, 9.17) is 4.89 Å². The molecule has 0 aliphatic heterocycles. The van der Waals surface area contributed by atoms with E-state index in [9.17, 15) is 13.6 Å². The van der Waals surface area contributed by atoms with Gasteiger partial charge in [0.2, 0.25) is 0 Å². The first-order valence-corrected chi connectivity index (χ1v) is 7.23. The van der Waals surface area contributed by atoms with Crippen molar-refractivity contribution in [3.8, 4) is 0 Å². The maximum Gasteiger partial charge on any atom is 0.373 e. The van der Waals surface area contributed by atoms with Crippen LogP contribution in [0.1, 0.15) is 48.7 Å². The molecule has 0 aliphatic carbocycles. The van der Waals surface area contributed by atoms with Crippen LogP contribution in [0.2, 0.25) is 0 Å². The van der Waals surface area contributed by atoms with E-state index < -0.39 is 18.0 Å². The number of hydrogen-bond acceptors (Lipinski definition) is 3. The molecule has 6 heteroatoms. The van der Waals surface area contributed by atoms with Crippen LogP contribution >= 0.6 is 15.9 Å². The van der Waals surface area contributed by atoms with Crippen LogP contribution < -0.4 is 0 Å². The molecule has 1 rings (SSSR count). The molecule has 0 amide bonds. The Kier molecular flexibility index (Phi) is 6.07. The fourth-order valence-corrected chi connectivity index (χ4v) is 1.89. The van der Waals surface area contributed by atoms with Crippen LogP contribution in [0.5, 0.6) is 0 Å². The number of halogens is 3. The first-order chi connectivity index (χ1) is 9.24. The fraction of sp³-hybridized carbons (Fsp3) is 0.500. The Hall–Kier alpha value is -1.01. The topological polar surface area (TPSA) is 35.5 Å². The summed E-state index contributed by atoms with van der Waals surface area (Å²) in [4.78, 5) is 21.2. The van der Waals surface area contributed by atoms with E-state index in [1.54, 1.807) is 20.8 Å². The normalized spacial score (nSPS) is 11.8. The van der Waals surface area contributed by atoms with Crippen LogP contribution in [-0.4, -0.2) is 16.9 Å². The molecule has 0 bridgehead atoms. The van der Waals surface area contributed by atoms with Crippen molar-refractivity contribution in [1.82, 2.24) is 0 Å². The lowest BCUT2D eigenvalue weighted by molar-refractivity contribution is -0.301. The predicted molar refractivity (Wildman–Crippen MR) is 75.2 cm³/mol. The van der Waals surface area contributed by atoms with E-state index in [-0.39, 0.29) is 11.1 Å². The minimum Gasteiger partial charge on any atom is -0.292 e. The van der Waals surface area contributed by atoms with Gasteiger partial charge in [0.1, 0.15) is 5.60 Å². The van der Waals surface area contributed by atoms with E-state index in [1.165, 1.54) is 12.1 Å². The Morgan fingerprint density at radius 1 is 1.35 bits per heavy atom. The summed E-state index contributed by atoms with van der Waals surface area (Å²) in [6, 6.07) is 4.12. The number of carbonyl (C=O) groups is 1. The standard InChI is InChI=1S/C14H17BrF2O3/c1-14(2,3)20-19-13(18)10-5-4-9(6-7-15)11(8-10)12(16)17/h4-5,8,12H,6-7H2,1-3H3. The Bertz CT molecular complexity index is 470. The third kappa shape index (κ3) is 5.17. The lowest BCUT2D eigenvalue weighted by atomic mass is 10.0. The molecule has 0 aromatic heterocycles. The van der Waals surface area contributed by atoms with Gasteiger partial charge in [-0.15, -0.1) is 0 Å². The molecule has 0 heterocycles. The molecule has 0 saturated carbocycles. The molecule has 112 valence electrons. The SMILES string of the molecule is CC(C)(C)OOC(=O)c1ccc(CCBr)c(C(F)F)c1. The van der Waals surface area contributed by atoms with Crippen LogP contribution in [-0.2, 0) is 16.2 Å². The molecular formula is C14H17BrF2O3. The van der Waals surface area contributed by atoms with Crippen molar-refractivity contribution in [3.63, 3.8) is 0 Å². The number of aryl methyl sites for hydroxylation is 1. The smallest absolute Gasteiger partial charge is 0.292 e. The van der Waals surface area contributed by atoms with Gasteiger partial charge in [0.05, 0.1) is 5.56 Å². The van der Waals surface area contributed by atoms with Gasteiger partial charge in [-0.3, -0.25) is 4.89 Å². The van der Waals surface area contributed by atoms with Crippen LogP contribution in [0, 0.1) is 0 Å². The van der Waals surface area contributed by atoms with Gasteiger partial charge in [-0.25, -0.2) is 13.6 Å². The predicted octanol–water partition coefficient (Wildman–Crippen LogP) is 4.45. The van der Waals surface area contributed by atoms with Gasteiger partial charge in [-0.2, -0.15) is 4.89 Å². The molecule has 3 nitrogen and oxygen atoms in total. The van der Waals surface area contributed by atoms with Gasteiger partial charge in [0.15, 0.2) is 0 Å². The fourth-order valence-electron chi connectivity index (χ4n) is 1.47. The molecule has 0 atom stereocenters. The lowest BCUT2D eigenvalue weighted by Gasteiger charge is -2.17. The third-order valence-electron chi connectivity index (χ3n) is 2.35. The summed E-state index contributed by atoms with van der Waals surface area (Å²) in [5.41, 5.74) is -0.264. The highest BCUT2D eigenvalue weighted by atomic mass is 79.9. The van der Waals surface area contributed by atoms with Crippen molar-refractivity contribution in [2.75, 3.05) is 5.33 Å². The summed E-state index contributed by atoms with van der Waals surface area (Å²) in [5.74, 6) is -0.785. The van der Waals surface area contributed by atoms with E-state index >= 15 is 0 Å². The van der Waals surface area contributed by atoms with Gasteiger partial charge in [-0.05, 0) is 44.9 Å². The largest absolute Gasteiger partial charge is 0.373 e. The van der Waals surface area contributed by atoms with E-state index in [2.05, 4.69) is 20.8 Å². The first kappa shape index (κ1) is 17.0. The summed E-state index contributed by atoms with van der Waals surface area (Å²) in [7, 11) is 0. The molecule has 0 radical (unpaired) electrons. The second-order valence-electron chi connectivity index (χ2n) is 5.22. The Balaban J connectivity index is 2.91. The van der Waals surface area contributed by atoms with Gasteiger partial charge >= 0.3 is 5.97 Å². The summed E-state index contributed by atoms with van der Waals surface area (Å²) in [6.45, 7) is 5.14. The average Bonchev–Trinajstić information content (AvgIpc) is 2.35. The Morgan fingerprint density at radius 2 is 2.00 bits per heavy atom. The van der Waals surface area contributed by atoms with Gasteiger partial charge < -0.3 is 0 Å². The Morgan fingerprint density at radius 3 is 2.50 bits per heavy atom. The highest BCUT2D eigenvalue weighted by Crippen LogP contribution is 2.25. The number of carbonyl (C=O) groups excluding carboxylic acids is 1.